The van der Waals surface area contributed by atoms with Crippen LogP contribution < -0.4 is 10.6 Å². The molecule has 0 saturated carbocycles. The lowest BCUT2D eigenvalue weighted by molar-refractivity contribution is -0.144. The number of fused-ring (bicyclic) bond motifs is 1. The lowest BCUT2D eigenvalue weighted by Crippen LogP contribution is -2.58. The second kappa shape index (κ2) is 11.6. The molecule has 3 aliphatic heterocycles. The molecule has 3 saturated heterocycles. The number of aliphatic hydroxyl groups excluding tert-OH is 1. The smallest absolute Gasteiger partial charge is 0.244 e. The Hall–Kier alpha value is -2.36. The number of alkyl halides is 1. The molecule has 0 aliphatic carbocycles. The van der Waals surface area contributed by atoms with E-state index in [-0.39, 0.29) is 40.3 Å². The predicted octanol–water partition coefficient (Wildman–Crippen LogP) is 3.49. The van der Waals surface area contributed by atoms with E-state index in [1.54, 1.807) is 16.7 Å². The number of rotatable bonds is 10. The molecule has 9 heteroatoms. The number of likely N-dealkylation sites (tertiary alicyclic amines) is 1. The summed E-state index contributed by atoms with van der Waals surface area (Å²) >= 11 is 5.42. The molecule has 0 radical (unpaired) electrons. The van der Waals surface area contributed by atoms with Gasteiger partial charge in [0.15, 0.2) is 0 Å². The Kier molecular flexibility index (Phi) is 8.40. The van der Waals surface area contributed by atoms with Crippen molar-refractivity contribution in [2.45, 2.75) is 66.7 Å². The van der Waals surface area contributed by atoms with Crippen molar-refractivity contribution in [3.8, 4) is 0 Å². The number of aliphatic hydroxyl groups is 1. The third kappa shape index (κ3) is 5.02. The largest absolute Gasteiger partial charge is 0.394 e. The standard InChI is InChI=1S/C30H36BrN3O4S/c1-3-18(2)22(17-35)34-26(28(37)33-16-20-12-8-5-9-13-20)30-14-21(31)25(39-30)23(24(30)29(34)38)27(36)32-15-19-10-6-4-7-11-19/h4-13,18,21-26,35H,3,14-17H2,1-2H3,(H,32,36)(H,33,37)/t18-,21?,22-,23-,24-,25-,26?,30?/m0/s1. The van der Waals surface area contributed by atoms with Gasteiger partial charge in [0.05, 0.1) is 29.2 Å². The molecule has 3 heterocycles. The van der Waals surface area contributed by atoms with Crippen LogP contribution >= 0.6 is 27.7 Å². The first kappa shape index (κ1) is 28.2. The molecule has 208 valence electrons. The molecule has 8 atom stereocenters. The zero-order valence-corrected chi connectivity index (χ0v) is 24.7. The molecule has 3 N–H and O–H groups in total. The van der Waals surface area contributed by atoms with Crippen molar-refractivity contribution >= 4 is 45.4 Å². The molecular formula is C30H36BrN3O4S. The average molecular weight is 615 g/mol. The van der Waals surface area contributed by atoms with Crippen LogP contribution in [-0.2, 0) is 27.5 Å². The van der Waals surface area contributed by atoms with Crippen LogP contribution in [0.1, 0.15) is 37.8 Å². The first-order chi connectivity index (χ1) is 18.8. The third-order valence-corrected chi connectivity index (χ3v) is 12.0. The van der Waals surface area contributed by atoms with E-state index in [1.165, 1.54) is 0 Å². The summed E-state index contributed by atoms with van der Waals surface area (Å²) in [5, 5.41) is 16.5. The molecule has 1 spiro atoms. The van der Waals surface area contributed by atoms with Crippen LogP contribution in [0.2, 0.25) is 0 Å². The molecule has 3 amide bonds. The van der Waals surface area contributed by atoms with Gasteiger partial charge in [-0.15, -0.1) is 11.8 Å². The van der Waals surface area contributed by atoms with Gasteiger partial charge in [0.25, 0.3) is 0 Å². The van der Waals surface area contributed by atoms with Crippen LogP contribution in [0.25, 0.3) is 0 Å². The fraction of sp³-hybridized carbons (Fsp3) is 0.500. The van der Waals surface area contributed by atoms with Gasteiger partial charge in [0.2, 0.25) is 17.7 Å². The molecule has 3 fully saturated rings. The van der Waals surface area contributed by atoms with Gasteiger partial charge >= 0.3 is 0 Å². The number of amides is 3. The second-order valence-electron chi connectivity index (χ2n) is 11.0. The van der Waals surface area contributed by atoms with E-state index in [4.69, 9.17) is 0 Å². The Bertz CT molecular complexity index is 1200. The van der Waals surface area contributed by atoms with Crippen molar-refractivity contribution in [2.24, 2.45) is 17.8 Å². The van der Waals surface area contributed by atoms with Crippen molar-refractivity contribution in [1.82, 2.24) is 15.5 Å². The van der Waals surface area contributed by atoms with Crippen LogP contribution in [-0.4, -0.2) is 61.2 Å². The zero-order chi connectivity index (χ0) is 27.7. The summed E-state index contributed by atoms with van der Waals surface area (Å²) in [6, 6.07) is 18.1. The molecule has 3 aliphatic rings. The monoisotopic (exact) mass is 613 g/mol. The number of carbonyl (C=O) groups excluding carboxylic acids is 3. The zero-order valence-electron chi connectivity index (χ0n) is 22.3. The first-order valence-corrected chi connectivity index (χ1v) is 15.5. The predicted molar refractivity (Wildman–Crippen MR) is 156 cm³/mol. The third-order valence-electron chi connectivity index (χ3n) is 8.74. The molecule has 2 aromatic rings. The van der Waals surface area contributed by atoms with Crippen molar-refractivity contribution in [2.75, 3.05) is 6.61 Å². The van der Waals surface area contributed by atoms with Gasteiger partial charge in [-0.3, -0.25) is 14.4 Å². The van der Waals surface area contributed by atoms with Crippen LogP contribution in [0.5, 0.6) is 0 Å². The van der Waals surface area contributed by atoms with Crippen molar-refractivity contribution in [3.05, 3.63) is 71.8 Å². The number of nitrogens with zero attached hydrogens (tertiary/aromatic N) is 1. The number of hydrogen-bond donors (Lipinski definition) is 3. The highest BCUT2D eigenvalue weighted by Crippen LogP contribution is 2.68. The molecule has 2 bridgehead atoms. The SMILES string of the molecule is CC[C@H](C)[C@H](CO)N1C(=O)[C@@H]2[C@H](C(=O)NCc3ccccc3)[C@H]3SC2(CC3Br)C1C(=O)NCc1ccccc1. The average Bonchev–Trinajstić information content (AvgIpc) is 3.55. The first-order valence-electron chi connectivity index (χ1n) is 13.7. The molecule has 0 aromatic heterocycles. The fourth-order valence-electron chi connectivity index (χ4n) is 6.62. The van der Waals surface area contributed by atoms with Gasteiger partial charge in [-0.1, -0.05) is 96.9 Å². The lowest BCUT2D eigenvalue weighted by Gasteiger charge is -2.39. The Morgan fingerprint density at radius 3 is 2.15 bits per heavy atom. The number of benzene rings is 2. The maximum Gasteiger partial charge on any atom is 0.244 e. The summed E-state index contributed by atoms with van der Waals surface area (Å²) in [6.07, 6.45) is 1.36. The molecule has 39 heavy (non-hydrogen) atoms. The van der Waals surface area contributed by atoms with Gasteiger partial charge in [0.1, 0.15) is 6.04 Å². The molecule has 3 unspecified atom stereocenters. The van der Waals surface area contributed by atoms with Crippen molar-refractivity contribution in [1.29, 1.82) is 0 Å². The lowest BCUT2D eigenvalue weighted by atomic mass is 9.70. The number of hydrogen-bond acceptors (Lipinski definition) is 5. The summed E-state index contributed by atoms with van der Waals surface area (Å²) < 4.78 is -0.744. The number of halogens is 1. The van der Waals surface area contributed by atoms with E-state index in [9.17, 15) is 19.5 Å². The summed E-state index contributed by atoms with van der Waals surface area (Å²) in [7, 11) is 0. The van der Waals surface area contributed by atoms with Crippen molar-refractivity contribution < 1.29 is 19.5 Å². The molecule has 2 aromatic carbocycles. The minimum atomic E-state index is -0.771. The topological polar surface area (TPSA) is 98.7 Å². The van der Waals surface area contributed by atoms with Crippen LogP contribution in [0.15, 0.2) is 60.7 Å². The van der Waals surface area contributed by atoms with E-state index in [0.717, 1.165) is 17.5 Å². The fourth-order valence-corrected chi connectivity index (χ4v) is 10.2. The van der Waals surface area contributed by atoms with E-state index in [2.05, 4.69) is 26.6 Å². The molecular weight excluding hydrogens is 578 g/mol. The van der Waals surface area contributed by atoms with E-state index in [1.807, 2.05) is 74.5 Å². The highest BCUT2D eigenvalue weighted by molar-refractivity contribution is 9.09. The van der Waals surface area contributed by atoms with Gasteiger partial charge in [-0.2, -0.15) is 0 Å². The highest BCUT2D eigenvalue weighted by atomic mass is 79.9. The Morgan fingerprint density at radius 2 is 1.62 bits per heavy atom. The van der Waals surface area contributed by atoms with Crippen LogP contribution in [0.3, 0.4) is 0 Å². The number of nitrogens with one attached hydrogen (secondary N) is 2. The van der Waals surface area contributed by atoms with Gasteiger partial charge in [-0.25, -0.2) is 0 Å². The van der Waals surface area contributed by atoms with E-state index < -0.39 is 28.7 Å². The molecule has 5 rings (SSSR count). The summed E-state index contributed by atoms with van der Waals surface area (Å²) in [4.78, 5) is 43.7. The Labute approximate surface area is 242 Å². The quantitative estimate of drug-likeness (QED) is 0.356. The van der Waals surface area contributed by atoms with E-state index >= 15 is 0 Å². The maximum atomic E-state index is 14.3. The van der Waals surface area contributed by atoms with Crippen molar-refractivity contribution in [3.63, 3.8) is 0 Å². The minimum absolute atomic E-state index is 0.000395. The summed E-state index contributed by atoms with van der Waals surface area (Å²) in [5.41, 5.74) is 1.96. The maximum absolute atomic E-state index is 14.3. The van der Waals surface area contributed by atoms with Crippen LogP contribution in [0.4, 0.5) is 0 Å². The summed E-state index contributed by atoms with van der Waals surface area (Å²) in [6.45, 7) is 4.51. The van der Waals surface area contributed by atoms with Gasteiger partial charge in [-0.05, 0) is 23.5 Å². The highest BCUT2D eigenvalue weighted by Gasteiger charge is 2.76. The summed E-state index contributed by atoms with van der Waals surface area (Å²) in [5.74, 6) is -1.77. The van der Waals surface area contributed by atoms with Gasteiger partial charge in [0, 0.05) is 23.2 Å². The second-order valence-corrected chi connectivity index (χ2v) is 13.7. The number of carbonyl (C=O) groups is 3. The number of thioether (sulfide) groups is 1. The van der Waals surface area contributed by atoms with E-state index in [0.29, 0.717) is 19.5 Å². The molecule has 7 nitrogen and oxygen atoms in total. The van der Waals surface area contributed by atoms with Gasteiger partial charge < -0.3 is 20.6 Å². The normalized spacial score (nSPS) is 30.6. The Balaban J connectivity index is 1.47. The Morgan fingerprint density at radius 1 is 1.05 bits per heavy atom. The minimum Gasteiger partial charge on any atom is -0.394 e. The van der Waals surface area contributed by atoms with Crippen LogP contribution in [0, 0.1) is 17.8 Å².